The van der Waals surface area contributed by atoms with Crippen molar-refractivity contribution < 1.29 is 4.79 Å². The summed E-state index contributed by atoms with van der Waals surface area (Å²) in [6.45, 7) is 2.78. The van der Waals surface area contributed by atoms with Gasteiger partial charge >= 0.3 is 0 Å². The molecule has 18 heavy (non-hydrogen) atoms. The first kappa shape index (κ1) is 13.3. The molecule has 0 saturated carbocycles. The predicted molar refractivity (Wildman–Crippen MR) is 74.3 cm³/mol. The van der Waals surface area contributed by atoms with E-state index < -0.39 is 0 Å². The summed E-state index contributed by atoms with van der Waals surface area (Å²) in [5.74, 6) is 0.490. The first-order valence-corrected chi connectivity index (χ1v) is 7.20. The van der Waals surface area contributed by atoms with Crippen molar-refractivity contribution in [3.05, 3.63) is 23.8 Å². The second kappa shape index (κ2) is 7.37. The van der Waals surface area contributed by atoms with Gasteiger partial charge in [0.15, 0.2) is 0 Å². The van der Waals surface area contributed by atoms with Gasteiger partial charge in [-0.2, -0.15) is 0 Å². The van der Waals surface area contributed by atoms with E-state index in [1.807, 2.05) is 0 Å². The molecule has 1 amide bonds. The van der Waals surface area contributed by atoms with Crippen molar-refractivity contribution in [2.24, 2.45) is 5.92 Å². The molecule has 3 nitrogen and oxygen atoms in total. The van der Waals surface area contributed by atoms with Gasteiger partial charge in [0, 0.05) is 12.5 Å². The number of carbonyl (C=O) groups excluding carboxylic acids is 1. The topological polar surface area (TPSA) is 41.1 Å². The van der Waals surface area contributed by atoms with E-state index in [1.54, 1.807) is 0 Å². The molecule has 1 saturated heterocycles. The van der Waals surface area contributed by atoms with Crippen molar-refractivity contribution >= 4 is 5.91 Å². The quantitative estimate of drug-likeness (QED) is 0.732. The number of piperidine rings is 1. The van der Waals surface area contributed by atoms with Crippen molar-refractivity contribution in [3.63, 3.8) is 0 Å². The zero-order chi connectivity index (χ0) is 12.6. The average molecular weight is 248 g/mol. The van der Waals surface area contributed by atoms with Crippen LogP contribution in [0.15, 0.2) is 23.8 Å². The van der Waals surface area contributed by atoms with Crippen molar-refractivity contribution in [1.29, 1.82) is 0 Å². The molecule has 0 aromatic rings. The minimum atomic E-state index is 0.236. The number of carbonyl (C=O) groups is 1. The Hall–Kier alpha value is -1.09. The SMILES string of the molecule is O=C(NCCCC1=CCCC=C1)C1CCNCC1. The van der Waals surface area contributed by atoms with Crippen LogP contribution < -0.4 is 10.6 Å². The fraction of sp³-hybridized carbons (Fsp3) is 0.667. The standard InChI is InChI=1S/C15H24N2O/c18-15(14-8-11-16-12-9-14)17-10-4-7-13-5-2-1-3-6-13/h2,5-6,14,16H,1,3-4,7-12H2,(H,17,18). The van der Waals surface area contributed by atoms with Crippen LogP contribution in [-0.2, 0) is 4.79 Å². The Bertz CT molecular complexity index is 327. The first-order valence-electron chi connectivity index (χ1n) is 7.20. The molecule has 2 rings (SSSR count). The molecule has 1 heterocycles. The number of nitrogens with one attached hydrogen (secondary N) is 2. The van der Waals surface area contributed by atoms with Crippen LogP contribution in [-0.4, -0.2) is 25.5 Å². The van der Waals surface area contributed by atoms with Crippen molar-refractivity contribution in [1.82, 2.24) is 10.6 Å². The highest BCUT2D eigenvalue weighted by atomic mass is 16.1. The van der Waals surface area contributed by atoms with Gasteiger partial charge < -0.3 is 10.6 Å². The normalized spacial score (nSPS) is 20.6. The summed E-state index contributed by atoms with van der Waals surface area (Å²) in [4.78, 5) is 11.9. The van der Waals surface area contributed by atoms with E-state index in [0.29, 0.717) is 0 Å². The molecule has 3 heteroatoms. The smallest absolute Gasteiger partial charge is 0.223 e. The van der Waals surface area contributed by atoms with Gasteiger partial charge in [-0.25, -0.2) is 0 Å². The molecule has 0 unspecified atom stereocenters. The molecule has 100 valence electrons. The molecule has 0 aromatic heterocycles. The van der Waals surface area contributed by atoms with E-state index in [1.165, 1.54) is 18.4 Å². The lowest BCUT2D eigenvalue weighted by Gasteiger charge is -2.21. The molecule has 0 radical (unpaired) electrons. The van der Waals surface area contributed by atoms with Gasteiger partial charge in [0.05, 0.1) is 0 Å². The third-order valence-electron chi connectivity index (χ3n) is 3.72. The van der Waals surface area contributed by atoms with E-state index in [4.69, 9.17) is 0 Å². The van der Waals surface area contributed by atoms with Crippen LogP contribution in [0.3, 0.4) is 0 Å². The highest BCUT2D eigenvalue weighted by Crippen LogP contribution is 2.15. The van der Waals surface area contributed by atoms with Gasteiger partial charge in [-0.1, -0.05) is 23.8 Å². The molecular formula is C15H24N2O. The summed E-state index contributed by atoms with van der Waals surface area (Å²) in [6, 6.07) is 0. The summed E-state index contributed by atoms with van der Waals surface area (Å²) in [5.41, 5.74) is 1.43. The Morgan fingerprint density at radius 3 is 2.89 bits per heavy atom. The lowest BCUT2D eigenvalue weighted by atomic mass is 9.97. The van der Waals surface area contributed by atoms with Crippen molar-refractivity contribution in [2.45, 2.75) is 38.5 Å². The third-order valence-corrected chi connectivity index (χ3v) is 3.72. The van der Waals surface area contributed by atoms with E-state index >= 15 is 0 Å². The largest absolute Gasteiger partial charge is 0.356 e. The van der Waals surface area contributed by atoms with Gasteiger partial charge in [0.1, 0.15) is 0 Å². The Kier molecular flexibility index (Phi) is 5.46. The number of rotatable bonds is 5. The Balaban J connectivity index is 1.58. The summed E-state index contributed by atoms with van der Waals surface area (Å²) >= 11 is 0. The monoisotopic (exact) mass is 248 g/mol. The van der Waals surface area contributed by atoms with E-state index in [0.717, 1.165) is 45.3 Å². The number of allylic oxidation sites excluding steroid dienone is 4. The number of hydrogen-bond acceptors (Lipinski definition) is 2. The molecule has 1 aliphatic heterocycles. The Morgan fingerprint density at radius 1 is 1.33 bits per heavy atom. The molecule has 0 atom stereocenters. The van der Waals surface area contributed by atoms with Crippen LogP contribution in [0.25, 0.3) is 0 Å². The zero-order valence-corrected chi connectivity index (χ0v) is 11.1. The molecule has 1 aliphatic carbocycles. The average Bonchev–Trinajstić information content (AvgIpc) is 2.45. The lowest BCUT2D eigenvalue weighted by molar-refractivity contribution is -0.125. The van der Waals surface area contributed by atoms with Crippen LogP contribution in [0.1, 0.15) is 38.5 Å². The van der Waals surface area contributed by atoms with E-state index in [-0.39, 0.29) is 11.8 Å². The summed E-state index contributed by atoms with van der Waals surface area (Å²) in [7, 11) is 0. The van der Waals surface area contributed by atoms with Gasteiger partial charge in [-0.3, -0.25) is 4.79 Å². The molecule has 0 spiro atoms. The molecule has 2 aliphatic rings. The Labute approximate surface area is 110 Å². The second-order valence-electron chi connectivity index (χ2n) is 5.18. The Morgan fingerprint density at radius 2 is 2.17 bits per heavy atom. The van der Waals surface area contributed by atoms with E-state index in [2.05, 4.69) is 28.9 Å². The van der Waals surface area contributed by atoms with Gasteiger partial charge in [-0.15, -0.1) is 0 Å². The highest BCUT2D eigenvalue weighted by Gasteiger charge is 2.19. The summed E-state index contributed by atoms with van der Waals surface area (Å²) in [6.07, 6.45) is 13.2. The van der Waals surface area contributed by atoms with Crippen LogP contribution in [0.5, 0.6) is 0 Å². The second-order valence-corrected chi connectivity index (χ2v) is 5.18. The molecule has 2 N–H and O–H groups in total. The van der Waals surface area contributed by atoms with Crippen molar-refractivity contribution in [2.75, 3.05) is 19.6 Å². The summed E-state index contributed by atoms with van der Waals surface area (Å²) < 4.78 is 0. The van der Waals surface area contributed by atoms with Crippen molar-refractivity contribution in [3.8, 4) is 0 Å². The van der Waals surface area contributed by atoms with Gasteiger partial charge in [-0.05, 0) is 51.6 Å². The lowest BCUT2D eigenvalue weighted by Crippen LogP contribution is -2.38. The van der Waals surface area contributed by atoms with Crippen LogP contribution in [0.2, 0.25) is 0 Å². The summed E-state index contributed by atoms with van der Waals surface area (Å²) in [5, 5.41) is 6.36. The molecule has 1 fully saturated rings. The number of amides is 1. The van der Waals surface area contributed by atoms with E-state index in [9.17, 15) is 4.79 Å². The fourth-order valence-corrected chi connectivity index (χ4v) is 2.59. The zero-order valence-electron chi connectivity index (χ0n) is 11.1. The fourth-order valence-electron chi connectivity index (χ4n) is 2.59. The minimum absolute atomic E-state index is 0.236. The molecule has 0 bridgehead atoms. The maximum atomic E-state index is 11.9. The van der Waals surface area contributed by atoms with Crippen LogP contribution in [0, 0.1) is 5.92 Å². The maximum absolute atomic E-state index is 11.9. The third kappa shape index (κ3) is 4.30. The highest BCUT2D eigenvalue weighted by molar-refractivity contribution is 5.78. The first-order chi connectivity index (χ1) is 8.86. The molecular weight excluding hydrogens is 224 g/mol. The van der Waals surface area contributed by atoms with Gasteiger partial charge in [0.2, 0.25) is 5.91 Å². The maximum Gasteiger partial charge on any atom is 0.223 e. The van der Waals surface area contributed by atoms with Crippen LogP contribution in [0.4, 0.5) is 0 Å². The van der Waals surface area contributed by atoms with Gasteiger partial charge in [0.25, 0.3) is 0 Å². The minimum Gasteiger partial charge on any atom is -0.356 e. The number of hydrogen-bond donors (Lipinski definition) is 2. The molecule has 0 aromatic carbocycles. The predicted octanol–water partition coefficient (Wildman–Crippen LogP) is 2.16. The van der Waals surface area contributed by atoms with Crippen LogP contribution >= 0.6 is 0 Å².